The second-order valence-corrected chi connectivity index (χ2v) is 7.12. The standard InChI is InChI=1S/C18H26N2O/c1-14-6-5-7-16(19-14)12-15-8-10-20(11-9-15)17(21)13-18(2,3)4/h5-7,12H,8-11,13H2,1-4H3. The van der Waals surface area contributed by atoms with E-state index in [1.54, 1.807) is 0 Å². The molecule has 2 heterocycles. The van der Waals surface area contributed by atoms with Crippen molar-refractivity contribution in [3.63, 3.8) is 0 Å². The molecular weight excluding hydrogens is 260 g/mol. The lowest BCUT2D eigenvalue weighted by Crippen LogP contribution is -2.38. The van der Waals surface area contributed by atoms with Crippen molar-refractivity contribution in [1.29, 1.82) is 0 Å². The van der Waals surface area contributed by atoms with E-state index < -0.39 is 0 Å². The third-order valence-electron chi connectivity index (χ3n) is 3.70. The number of carbonyl (C=O) groups excluding carboxylic acids is 1. The number of pyridine rings is 1. The summed E-state index contributed by atoms with van der Waals surface area (Å²) in [5, 5.41) is 0. The summed E-state index contributed by atoms with van der Waals surface area (Å²) >= 11 is 0. The normalized spacial score (nSPS) is 16.0. The molecule has 1 aliphatic rings. The molecule has 1 aromatic rings. The van der Waals surface area contributed by atoms with Crippen LogP contribution in [0.1, 0.15) is 51.4 Å². The zero-order chi connectivity index (χ0) is 15.5. The van der Waals surface area contributed by atoms with Crippen LogP contribution >= 0.6 is 0 Å². The molecule has 0 radical (unpaired) electrons. The van der Waals surface area contributed by atoms with Crippen LogP contribution in [0.15, 0.2) is 23.8 Å². The number of piperidine rings is 1. The minimum atomic E-state index is 0.0681. The molecule has 1 fully saturated rings. The number of aryl methyl sites for hydroxylation is 1. The Balaban J connectivity index is 1.93. The van der Waals surface area contributed by atoms with E-state index >= 15 is 0 Å². The summed E-state index contributed by atoms with van der Waals surface area (Å²) in [6.07, 6.45) is 4.74. The first-order chi connectivity index (χ1) is 9.83. The highest BCUT2D eigenvalue weighted by Crippen LogP contribution is 2.24. The molecule has 3 nitrogen and oxygen atoms in total. The second kappa shape index (κ2) is 6.42. The molecule has 1 aliphatic heterocycles. The number of carbonyl (C=O) groups is 1. The fourth-order valence-electron chi connectivity index (χ4n) is 2.61. The third kappa shape index (κ3) is 5.00. The molecule has 21 heavy (non-hydrogen) atoms. The number of hydrogen-bond acceptors (Lipinski definition) is 2. The van der Waals surface area contributed by atoms with Crippen molar-refractivity contribution in [2.75, 3.05) is 13.1 Å². The smallest absolute Gasteiger partial charge is 0.223 e. The van der Waals surface area contributed by atoms with Gasteiger partial charge in [0.25, 0.3) is 0 Å². The van der Waals surface area contributed by atoms with Crippen LogP contribution in [-0.2, 0) is 4.79 Å². The highest BCUT2D eigenvalue weighted by atomic mass is 16.2. The van der Waals surface area contributed by atoms with Crippen LogP contribution in [0.3, 0.4) is 0 Å². The van der Waals surface area contributed by atoms with E-state index in [-0.39, 0.29) is 11.3 Å². The predicted octanol–water partition coefficient (Wildman–Crippen LogP) is 3.83. The molecule has 3 heteroatoms. The van der Waals surface area contributed by atoms with Gasteiger partial charge in [-0.3, -0.25) is 9.78 Å². The highest BCUT2D eigenvalue weighted by Gasteiger charge is 2.23. The lowest BCUT2D eigenvalue weighted by Gasteiger charge is -2.31. The Morgan fingerprint density at radius 1 is 1.29 bits per heavy atom. The molecule has 0 aromatic carbocycles. The Morgan fingerprint density at radius 2 is 1.95 bits per heavy atom. The molecule has 1 amide bonds. The number of likely N-dealkylation sites (tertiary alicyclic amines) is 1. The van der Waals surface area contributed by atoms with Crippen LogP contribution in [0.5, 0.6) is 0 Å². The van der Waals surface area contributed by atoms with E-state index in [1.165, 1.54) is 5.57 Å². The highest BCUT2D eigenvalue weighted by molar-refractivity contribution is 5.77. The summed E-state index contributed by atoms with van der Waals surface area (Å²) in [5.41, 5.74) is 3.54. The molecule has 114 valence electrons. The molecule has 0 unspecified atom stereocenters. The summed E-state index contributed by atoms with van der Waals surface area (Å²) in [5.74, 6) is 0.287. The SMILES string of the molecule is Cc1cccc(C=C2CCN(C(=O)CC(C)(C)C)CC2)n1. The molecule has 0 N–H and O–H groups in total. The van der Waals surface area contributed by atoms with Crippen molar-refractivity contribution < 1.29 is 4.79 Å². The summed E-state index contributed by atoms with van der Waals surface area (Å²) in [7, 11) is 0. The predicted molar refractivity (Wildman–Crippen MR) is 86.8 cm³/mol. The summed E-state index contributed by atoms with van der Waals surface area (Å²) < 4.78 is 0. The van der Waals surface area contributed by atoms with Crippen LogP contribution in [0.2, 0.25) is 0 Å². The van der Waals surface area contributed by atoms with E-state index in [1.807, 2.05) is 30.0 Å². The van der Waals surface area contributed by atoms with Gasteiger partial charge in [0.05, 0.1) is 5.69 Å². The molecular formula is C18H26N2O. The molecule has 1 saturated heterocycles. The van der Waals surface area contributed by atoms with Crippen molar-refractivity contribution in [3.05, 3.63) is 35.2 Å². The second-order valence-electron chi connectivity index (χ2n) is 7.12. The van der Waals surface area contributed by atoms with Crippen molar-refractivity contribution in [1.82, 2.24) is 9.88 Å². The van der Waals surface area contributed by atoms with Gasteiger partial charge in [0, 0.05) is 25.2 Å². The molecule has 0 atom stereocenters. The van der Waals surface area contributed by atoms with Gasteiger partial charge in [0.2, 0.25) is 5.91 Å². The first-order valence-corrected chi connectivity index (χ1v) is 7.74. The van der Waals surface area contributed by atoms with Gasteiger partial charge in [-0.1, -0.05) is 32.4 Å². The number of hydrogen-bond donors (Lipinski definition) is 0. The van der Waals surface area contributed by atoms with E-state index in [9.17, 15) is 4.79 Å². The lowest BCUT2D eigenvalue weighted by molar-refractivity contribution is -0.133. The van der Waals surface area contributed by atoms with Gasteiger partial charge in [-0.25, -0.2) is 0 Å². The average molecular weight is 286 g/mol. The molecule has 0 spiro atoms. The van der Waals surface area contributed by atoms with Gasteiger partial charge in [0.1, 0.15) is 0 Å². The quantitative estimate of drug-likeness (QED) is 0.827. The Labute approximate surface area is 128 Å². The monoisotopic (exact) mass is 286 g/mol. The molecule has 0 saturated carbocycles. The summed E-state index contributed by atoms with van der Waals surface area (Å²) in [4.78, 5) is 18.7. The number of aromatic nitrogens is 1. The minimum absolute atomic E-state index is 0.0681. The number of rotatable bonds is 2. The van der Waals surface area contributed by atoms with Gasteiger partial charge in [-0.2, -0.15) is 0 Å². The van der Waals surface area contributed by atoms with Gasteiger partial charge in [0.15, 0.2) is 0 Å². The largest absolute Gasteiger partial charge is 0.342 e. The van der Waals surface area contributed by atoms with Crippen molar-refractivity contribution in [3.8, 4) is 0 Å². The molecule has 0 aliphatic carbocycles. The molecule has 1 aromatic heterocycles. The maximum atomic E-state index is 12.2. The van der Waals surface area contributed by atoms with Crippen molar-refractivity contribution >= 4 is 12.0 Å². The van der Waals surface area contributed by atoms with Crippen molar-refractivity contribution in [2.45, 2.75) is 47.0 Å². The van der Waals surface area contributed by atoms with Gasteiger partial charge < -0.3 is 4.90 Å². The maximum Gasteiger partial charge on any atom is 0.223 e. The van der Waals surface area contributed by atoms with Crippen LogP contribution in [0.25, 0.3) is 6.08 Å². The van der Waals surface area contributed by atoms with E-state index in [2.05, 4.69) is 31.8 Å². The number of amides is 1. The molecule has 0 bridgehead atoms. The minimum Gasteiger partial charge on any atom is -0.342 e. The maximum absolute atomic E-state index is 12.2. The zero-order valence-electron chi connectivity index (χ0n) is 13.6. The lowest BCUT2D eigenvalue weighted by atomic mass is 9.91. The Morgan fingerprint density at radius 3 is 2.52 bits per heavy atom. The fourth-order valence-corrected chi connectivity index (χ4v) is 2.61. The van der Waals surface area contributed by atoms with Crippen LogP contribution in [0.4, 0.5) is 0 Å². The Hall–Kier alpha value is -1.64. The Kier molecular flexibility index (Phi) is 4.81. The van der Waals surface area contributed by atoms with E-state index in [4.69, 9.17) is 0 Å². The third-order valence-corrected chi connectivity index (χ3v) is 3.70. The number of nitrogens with zero attached hydrogens (tertiary/aromatic N) is 2. The van der Waals surface area contributed by atoms with E-state index in [0.29, 0.717) is 6.42 Å². The van der Waals surface area contributed by atoms with Gasteiger partial charge in [-0.15, -0.1) is 0 Å². The van der Waals surface area contributed by atoms with E-state index in [0.717, 1.165) is 37.3 Å². The van der Waals surface area contributed by atoms with Gasteiger partial charge >= 0.3 is 0 Å². The fraction of sp³-hybridized carbons (Fsp3) is 0.556. The zero-order valence-corrected chi connectivity index (χ0v) is 13.6. The van der Waals surface area contributed by atoms with Crippen LogP contribution < -0.4 is 0 Å². The molecule has 2 rings (SSSR count). The topological polar surface area (TPSA) is 33.2 Å². The summed E-state index contributed by atoms with van der Waals surface area (Å²) in [6, 6.07) is 6.09. The first-order valence-electron chi connectivity index (χ1n) is 7.74. The Bertz CT molecular complexity index is 530. The first kappa shape index (κ1) is 15.7. The summed E-state index contributed by atoms with van der Waals surface area (Å²) in [6.45, 7) is 10.0. The van der Waals surface area contributed by atoms with Crippen LogP contribution in [0, 0.1) is 12.3 Å². The average Bonchev–Trinajstić information content (AvgIpc) is 2.37. The van der Waals surface area contributed by atoms with Crippen LogP contribution in [-0.4, -0.2) is 28.9 Å². The van der Waals surface area contributed by atoms with Crippen molar-refractivity contribution in [2.24, 2.45) is 5.41 Å². The van der Waals surface area contributed by atoms with Gasteiger partial charge in [-0.05, 0) is 43.4 Å².